The smallest absolute Gasteiger partial charge is 0.00640 e. The first-order valence-electron chi connectivity index (χ1n) is 7.47. The molecule has 0 amide bonds. The standard InChI is InChI=1S/C15H31N/c1-4-7-15(16-3)11-10-14-9-6-8-13(5-2)12-14/h13-16H,4-12H2,1-3H3. The second kappa shape index (κ2) is 8.11. The van der Waals surface area contributed by atoms with E-state index in [1.54, 1.807) is 0 Å². The van der Waals surface area contributed by atoms with E-state index >= 15 is 0 Å². The predicted molar refractivity (Wildman–Crippen MR) is 72.7 cm³/mol. The van der Waals surface area contributed by atoms with E-state index in [1.165, 1.54) is 57.8 Å². The molecule has 0 aromatic heterocycles. The first-order valence-corrected chi connectivity index (χ1v) is 7.47. The highest BCUT2D eigenvalue weighted by molar-refractivity contribution is 4.74. The van der Waals surface area contributed by atoms with Crippen molar-refractivity contribution in [2.75, 3.05) is 7.05 Å². The molecule has 0 aromatic rings. The van der Waals surface area contributed by atoms with Gasteiger partial charge in [0.15, 0.2) is 0 Å². The van der Waals surface area contributed by atoms with Crippen LogP contribution in [0.2, 0.25) is 0 Å². The number of hydrogen-bond acceptors (Lipinski definition) is 1. The van der Waals surface area contributed by atoms with Crippen molar-refractivity contribution in [2.24, 2.45) is 11.8 Å². The van der Waals surface area contributed by atoms with Gasteiger partial charge in [-0.15, -0.1) is 0 Å². The van der Waals surface area contributed by atoms with Crippen LogP contribution >= 0.6 is 0 Å². The zero-order valence-electron chi connectivity index (χ0n) is 11.6. The summed E-state index contributed by atoms with van der Waals surface area (Å²) in [5.74, 6) is 2.07. The van der Waals surface area contributed by atoms with Crippen molar-refractivity contribution >= 4 is 0 Å². The third-order valence-corrected chi connectivity index (χ3v) is 4.44. The van der Waals surface area contributed by atoms with Crippen LogP contribution in [-0.4, -0.2) is 13.1 Å². The lowest BCUT2D eigenvalue weighted by Crippen LogP contribution is -2.26. The minimum atomic E-state index is 0.770. The monoisotopic (exact) mass is 225 g/mol. The average Bonchev–Trinajstić information content (AvgIpc) is 2.34. The minimum Gasteiger partial charge on any atom is -0.317 e. The van der Waals surface area contributed by atoms with Crippen molar-refractivity contribution in [2.45, 2.75) is 77.7 Å². The molecule has 1 heteroatoms. The van der Waals surface area contributed by atoms with Crippen LogP contribution in [0.4, 0.5) is 0 Å². The minimum absolute atomic E-state index is 0.770. The SMILES string of the molecule is CCCC(CCC1CCCC(CC)C1)NC. The fourth-order valence-corrected chi connectivity index (χ4v) is 3.25. The van der Waals surface area contributed by atoms with Crippen LogP contribution in [0.15, 0.2) is 0 Å². The van der Waals surface area contributed by atoms with Crippen LogP contribution in [0.5, 0.6) is 0 Å². The summed E-state index contributed by atoms with van der Waals surface area (Å²) in [6.07, 6.45) is 12.9. The maximum atomic E-state index is 3.47. The summed E-state index contributed by atoms with van der Waals surface area (Å²) >= 11 is 0. The lowest BCUT2D eigenvalue weighted by Gasteiger charge is -2.29. The predicted octanol–water partition coefficient (Wildman–Crippen LogP) is 4.37. The average molecular weight is 225 g/mol. The van der Waals surface area contributed by atoms with Gasteiger partial charge in [-0.2, -0.15) is 0 Å². The van der Waals surface area contributed by atoms with Crippen LogP contribution in [0.25, 0.3) is 0 Å². The summed E-state index contributed by atoms with van der Waals surface area (Å²) in [5.41, 5.74) is 0. The Hall–Kier alpha value is -0.0400. The quantitative estimate of drug-likeness (QED) is 0.678. The van der Waals surface area contributed by atoms with E-state index in [0.29, 0.717) is 0 Å². The molecule has 1 aliphatic carbocycles. The highest BCUT2D eigenvalue weighted by Gasteiger charge is 2.21. The van der Waals surface area contributed by atoms with Gasteiger partial charge in [-0.3, -0.25) is 0 Å². The van der Waals surface area contributed by atoms with Gasteiger partial charge in [0, 0.05) is 6.04 Å². The van der Waals surface area contributed by atoms with Gasteiger partial charge in [0.2, 0.25) is 0 Å². The molecule has 1 rings (SSSR count). The first-order chi connectivity index (χ1) is 7.80. The van der Waals surface area contributed by atoms with E-state index in [1.807, 2.05) is 0 Å². The molecule has 0 aliphatic heterocycles. The van der Waals surface area contributed by atoms with Crippen LogP contribution in [0.1, 0.15) is 71.6 Å². The van der Waals surface area contributed by atoms with E-state index in [9.17, 15) is 0 Å². The molecule has 0 spiro atoms. The van der Waals surface area contributed by atoms with Gasteiger partial charge < -0.3 is 5.32 Å². The second-order valence-electron chi connectivity index (χ2n) is 5.66. The molecule has 3 unspecified atom stereocenters. The third-order valence-electron chi connectivity index (χ3n) is 4.44. The Morgan fingerprint density at radius 3 is 2.50 bits per heavy atom. The van der Waals surface area contributed by atoms with Crippen molar-refractivity contribution in [3.05, 3.63) is 0 Å². The number of nitrogens with one attached hydrogen (secondary N) is 1. The molecule has 16 heavy (non-hydrogen) atoms. The Labute approximate surface area is 102 Å². The summed E-state index contributed by atoms with van der Waals surface area (Å²) in [6.45, 7) is 4.65. The van der Waals surface area contributed by atoms with Crippen molar-refractivity contribution in [1.82, 2.24) is 5.32 Å². The number of hydrogen-bond donors (Lipinski definition) is 1. The van der Waals surface area contributed by atoms with Crippen molar-refractivity contribution < 1.29 is 0 Å². The maximum Gasteiger partial charge on any atom is 0.00640 e. The molecule has 0 bridgehead atoms. The van der Waals surface area contributed by atoms with Crippen molar-refractivity contribution in [3.8, 4) is 0 Å². The van der Waals surface area contributed by atoms with Crippen molar-refractivity contribution in [3.63, 3.8) is 0 Å². The second-order valence-corrected chi connectivity index (χ2v) is 5.66. The largest absolute Gasteiger partial charge is 0.317 e. The molecule has 0 heterocycles. The summed E-state index contributed by atoms with van der Waals surface area (Å²) in [7, 11) is 2.12. The molecule has 1 N–H and O–H groups in total. The molecule has 1 nitrogen and oxygen atoms in total. The molecule has 3 atom stereocenters. The Kier molecular flexibility index (Phi) is 7.11. The summed E-state index contributed by atoms with van der Waals surface area (Å²) < 4.78 is 0. The van der Waals surface area contributed by atoms with Gasteiger partial charge >= 0.3 is 0 Å². The van der Waals surface area contributed by atoms with Crippen LogP contribution < -0.4 is 5.32 Å². The van der Waals surface area contributed by atoms with Gasteiger partial charge in [0.25, 0.3) is 0 Å². The van der Waals surface area contributed by atoms with E-state index < -0.39 is 0 Å². The lowest BCUT2D eigenvalue weighted by molar-refractivity contribution is 0.238. The summed E-state index contributed by atoms with van der Waals surface area (Å²) in [5, 5.41) is 3.47. The van der Waals surface area contributed by atoms with Crippen LogP contribution in [0.3, 0.4) is 0 Å². The molecule has 0 saturated heterocycles. The lowest BCUT2D eigenvalue weighted by atomic mass is 9.78. The zero-order valence-corrected chi connectivity index (χ0v) is 11.6. The number of rotatable bonds is 7. The highest BCUT2D eigenvalue weighted by Crippen LogP contribution is 2.33. The molecular weight excluding hydrogens is 194 g/mol. The maximum absolute atomic E-state index is 3.47. The topological polar surface area (TPSA) is 12.0 Å². The molecule has 1 saturated carbocycles. The first kappa shape index (κ1) is 14.0. The van der Waals surface area contributed by atoms with Gasteiger partial charge in [-0.1, -0.05) is 46.0 Å². The van der Waals surface area contributed by atoms with E-state index in [2.05, 4.69) is 26.2 Å². The Morgan fingerprint density at radius 2 is 1.88 bits per heavy atom. The normalized spacial score (nSPS) is 27.9. The highest BCUT2D eigenvalue weighted by atomic mass is 14.9. The molecule has 0 aromatic carbocycles. The molecule has 0 radical (unpaired) electrons. The van der Waals surface area contributed by atoms with Crippen LogP contribution in [0, 0.1) is 11.8 Å². The zero-order chi connectivity index (χ0) is 11.8. The Balaban J connectivity index is 2.20. The van der Waals surface area contributed by atoms with Gasteiger partial charge in [-0.25, -0.2) is 0 Å². The van der Waals surface area contributed by atoms with E-state index in [4.69, 9.17) is 0 Å². The van der Waals surface area contributed by atoms with Gasteiger partial charge in [0.05, 0.1) is 0 Å². The Morgan fingerprint density at radius 1 is 1.12 bits per heavy atom. The van der Waals surface area contributed by atoms with E-state index in [-0.39, 0.29) is 0 Å². The van der Waals surface area contributed by atoms with Gasteiger partial charge in [-0.05, 0) is 44.6 Å². The fraction of sp³-hybridized carbons (Fsp3) is 1.00. The fourth-order valence-electron chi connectivity index (χ4n) is 3.25. The molecule has 96 valence electrons. The summed E-state index contributed by atoms with van der Waals surface area (Å²) in [6, 6.07) is 0.770. The van der Waals surface area contributed by atoms with Crippen molar-refractivity contribution in [1.29, 1.82) is 0 Å². The summed E-state index contributed by atoms with van der Waals surface area (Å²) in [4.78, 5) is 0. The molecule has 1 aliphatic rings. The molecule has 1 fully saturated rings. The van der Waals surface area contributed by atoms with Gasteiger partial charge in [0.1, 0.15) is 0 Å². The Bertz CT molecular complexity index is 167. The van der Waals surface area contributed by atoms with E-state index in [0.717, 1.165) is 17.9 Å². The molecular formula is C15H31N. The van der Waals surface area contributed by atoms with Crippen LogP contribution in [-0.2, 0) is 0 Å². The third kappa shape index (κ3) is 4.86.